The van der Waals surface area contributed by atoms with Crippen molar-refractivity contribution < 1.29 is 18.3 Å². The van der Waals surface area contributed by atoms with Crippen molar-refractivity contribution >= 4 is 0 Å². The van der Waals surface area contributed by atoms with E-state index in [4.69, 9.17) is 10.8 Å². The second kappa shape index (κ2) is 4.66. The minimum Gasteiger partial charge on any atom is -0.394 e. The topological polar surface area (TPSA) is 64.1 Å². The molecular weight excluding hydrogens is 235 g/mol. The van der Waals surface area contributed by atoms with Gasteiger partial charge in [0, 0.05) is 11.7 Å². The normalized spacial score (nSPS) is 17.8. The predicted octanol–water partition coefficient (Wildman–Crippen LogP) is 1.56. The van der Waals surface area contributed by atoms with Gasteiger partial charge in [-0.15, -0.1) is 0 Å². The number of aromatic nitrogens is 2. The first-order valence-electron chi connectivity index (χ1n) is 5.17. The number of hydrogen-bond donors (Lipinski definition) is 2. The van der Waals surface area contributed by atoms with E-state index in [1.165, 1.54) is 4.68 Å². The molecule has 0 spiro atoms. The number of nitrogens with zero attached hydrogens (tertiary/aromatic N) is 2. The lowest BCUT2D eigenvalue weighted by atomic mass is 9.96. The molecule has 0 amide bonds. The average Bonchev–Trinajstić information content (AvgIpc) is 2.65. The molecule has 0 fully saturated rings. The molecular formula is C10H16F3N3O. The Morgan fingerprint density at radius 3 is 2.53 bits per heavy atom. The Kier molecular flexibility index (Phi) is 3.83. The number of aliphatic hydroxyl groups excluding tert-OH is 1. The fourth-order valence-electron chi connectivity index (χ4n) is 1.56. The van der Waals surface area contributed by atoms with Crippen LogP contribution in [0.5, 0.6) is 0 Å². The van der Waals surface area contributed by atoms with Crippen LogP contribution >= 0.6 is 0 Å². The smallest absolute Gasteiger partial charge is 0.394 e. The highest BCUT2D eigenvalue weighted by Gasteiger charge is 2.33. The summed E-state index contributed by atoms with van der Waals surface area (Å²) in [4.78, 5) is 0. The summed E-state index contributed by atoms with van der Waals surface area (Å²) < 4.78 is 38.3. The number of halogens is 3. The predicted molar refractivity (Wildman–Crippen MR) is 56.2 cm³/mol. The molecule has 0 aliphatic rings. The van der Waals surface area contributed by atoms with Crippen LogP contribution in [0, 0.1) is 0 Å². The molecule has 1 heterocycles. The van der Waals surface area contributed by atoms with Crippen LogP contribution in [0.25, 0.3) is 0 Å². The van der Waals surface area contributed by atoms with E-state index < -0.39 is 17.3 Å². The summed E-state index contributed by atoms with van der Waals surface area (Å²) in [6.07, 6.45) is -2.33. The van der Waals surface area contributed by atoms with Gasteiger partial charge in [-0.2, -0.15) is 18.3 Å². The van der Waals surface area contributed by atoms with Gasteiger partial charge < -0.3 is 10.8 Å². The first-order valence-corrected chi connectivity index (χ1v) is 5.17. The lowest BCUT2D eigenvalue weighted by Gasteiger charge is -2.25. The molecule has 3 N–H and O–H groups in total. The van der Waals surface area contributed by atoms with Crippen LogP contribution in [0.15, 0.2) is 12.4 Å². The number of nitrogens with two attached hydrogens (primary N) is 1. The van der Waals surface area contributed by atoms with Gasteiger partial charge in [0.05, 0.1) is 24.4 Å². The Morgan fingerprint density at radius 2 is 2.12 bits per heavy atom. The summed E-state index contributed by atoms with van der Waals surface area (Å²) in [6.45, 7) is 3.11. The van der Waals surface area contributed by atoms with Crippen LogP contribution < -0.4 is 5.73 Å². The van der Waals surface area contributed by atoms with Gasteiger partial charge in [0.1, 0.15) is 0 Å². The molecule has 1 rings (SSSR count). The maximum atomic E-state index is 12.4. The van der Waals surface area contributed by atoms with Crippen LogP contribution in [0.2, 0.25) is 0 Å². The Bertz CT molecular complexity index is 373. The highest BCUT2D eigenvalue weighted by Crippen LogP contribution is 2.29. The van der Waals surface area contributed by atoms with Crippen LogP contribution in [0.4, 0.5) is 13.2 Å². The van der Waals surface area contributed by atoms with Crippen LogP contribution in [0.3, 0.4) is 0 Å². The van der Waals surface area contributed by atoms with Gasteiger partial charge >= 0.3 is 6.18 Å². The highest BCUT2D eigenvalue weighted by atomic mass is 19.4. The van der Waals surface area contributed by atoms with Gasteiger partial charge in [0.25, 0.3) is 0 Å². The zero-order chi connectivity index (χ0) is 13.3. The minimum absolute atomic E-state index is 0.231. The SMILES string of the molecule is CC(CC(C)(N)CO)n1cc(C(F)(F)F)cn1. The second-order valence-electron chi connectivity index (χ2n) is 4.57. The molecule has 0 aliphatic heterocycles. The Labute approximate surface area is 97.2 Å². The lowest BCUT2D eigenvalue weighted by Crippen LogP contribution is -2.42. The van der Waals surface area contributed by atoms with Crippen molar-refractivity contribution in [2.75, 3.05) is 6.61 Å². The van der Waals surface area contributed by atoms with E-state index in [-0.39, 0.29) is 12.6 Å². The standard InChI is InChI=1S/C10H16F3N3O/c1-7(3-9(2,14)6-17)16-5-8(4-15-16)10(11,12)13/h4-5,7,17H,3,6,14H2,1-2H3. The first kappa shape index (κ1) is 14.0. The summed E-state index contributed by atoms with van der Waals surface area (Å²) in [5.74, 6) is 0. The van der Waals surface area contributed by atoms with Gasteiger partial charge in [0.2, 0.25) is 0 Å². The van der Waals surface area contributed by atoms with Crippen molar-refractivity contribution in [2.45, 2.75) is 38.0 Å². The fraction of sp³-hybridized carbons (Fsp3) is 0.700. The molecule has 7 heteroatoms. The van der Waals surface area contributed by atoms with Crippen molar-refractivity contribution in [3.05, 3.63) is 18.0 Å². The van der Waals surface area contributed by atoms with Crippen molar-refractivity contribution in [3.8, 4) is 0 Å². The van der Waals surface area contributed by atoms with Crippen molar-refractivity contribution in [2.24, 2.45) is 5.73 Å². The molecule has 0 aliphatic carbocycles. The van der Waals surface area contributed by atoms with E-state index >= 15 is 0 Å². The molecule has 0 radical (unpaired) electrons. The maximum Gasteiger partial charge on any atom is 0.419 e. The van der Waals surface area contributed by atoms with E-state index in [1.54, 1.807) is 13.8 Å². The molecule has 0 bridgehead atoms. The molecule has 1 aromatic rings. The van der Waals surface area contributed by atoms with Gasteiger partial charge in [-0.3, -0.25) is 4.68 Å². The number of rotatable bonds is 4. The summed E-state index contributed by atoms with van der Waals surface area (Å²) in [7, 11) is 0. The Morgan fingerprint density at radius 1 is 1.53 bits per heavy atom. The van der Waals surface area contributed by atoms with Crippen molar-refractivity contribution in [3.63, 3.8) is 0 Å². The highest BCUT2D eigenvalue weighted by molar-refractivity contribution is 5.08. The quantitative estimate of drug-likeness (QED) is 0.853. The number of hydrogen-bond acceptors (Lipinski definition) is 3. The van der Waals surface area contributed by atoms with Gasteiger partial charge in [0.15, 0.2) is 0 Å². The molecule has 0 saturated carbocycles. The number of alkyl halides is 3. The third kappa shape index (κ3) is 3.71. The van der Waals surface area contributed by atoms with Crippen LogP contribution in [0.1, 0.15) is 31.9 Å². The summed E-state index contributed by atoms with van der Waals surface area (Å²) >= 11 is 0. The molecule has 1 aromatic heterocycles. The fourth-order valence-corrected chi connectivity index (χ4v) is 1.56. The zero-order valence-corrected chi connectivity index (χ0v) is 9.70. The van der Waals surface area contributed by atoms with Gasteiger partial charge in [-0.25, -0.2) is 0 Å². The molecule has 0 saturated heterocycles. The molecule has 17 heavy (non-hydrogen) atoms. The lowest BCUT2D eigenvalue weighted by molar-refractivity contribution is -0.137. The Balaban J connectivity index is 2.77. The van der Waals surface area contributed by atoms with Gasteiger partial charge in [-0.1, -0.05) is 0 Å². The molecule has 98 valence electrons. The second-order valence-corrected chi connectivity index (χ2v) is 4.57. The average molecular weight is 251 g/mol. The van der Waals surface area contributed by atoms with Crippen molar-refractivity contribution in [1.29, 1.82) is 0 Å². The van der Waals surface area contributed by atoms with Crippen molar-refractivity contribution in [1.82, 2.24) is 9.78 Å². The van der Waals surface area contributed by atoms with Gasteiger partial charge in [-0.05, 0) is 20.3 Å². The van der Waals surface area contributed by atoms with E-state index in [2.05, 4.69) is 5.10 Å². The maximum absolute atomic E-state index is 12.4. The zero-order valence-electron chi connectivity index (χ0n) is 9.70. The minimum atomic E-state index is -4.39. The molecule has 2 atom stereocenters. The number of aliphatic hydroxyl groups is 1. The molecule has 0 aromatic carbocycles. The third-order valence-corrected chi connectivity index (χ3v) is 2.50. The summed E-state index contributed by atoms with van der Waals surface area (Å²) in [5, 5.41) is 12.7. The van der Waals surface area contributed by atoms with Crippen LogP contribution in [-0.2, 0) is 6.18 Å². The largest absolute Gasteiger partial charge is 0.419 e. The van der Waals surface area contributed by atoms with E-state index in [0.717, 1.165) is 12.4 Å². The molecule has 2 unspecified atom stereocenters. The van der Waals surface area contributed by atoms with E-state index in [1.807, 2.05) is 0 Å². The Hall–Kier alpha value is -1.08. The third-order valence-electron chi connectivity index (χ3n) is 2.50. The first-order chi connectivity index (χ1) is 7.65. The monoisotopic (exact) mass is 251 g/mol. The molecule has 4 nitrogen and oxygen atoms in total. The summed E-state index contributed by atoms with van der Waals surface area (Å²) in [5.41, 5.74) is 4.12. The van der Waals surface area contributed by atoms with Crippen LogP contribution in [-0.4, -0.2) is 27.0 Å². The summed E-state index contributed by atoms with van der Waals surface area (Å²) in [6, 6.07) is -0.312. The van der Waals surface area contributed by atoms with E-state index in [9.17, 15) is 13.2 Å². The van der Waals surface area contributed by atoms with E-state index in [0.29, 0.717) is 6.42 Å².